The van der Waals surface area contributed by atoms with Gasteiger partial charge < -0.3 is 10.4 Å². The number of carbonyl (C=O) groups excluding carboxylic acids is 1. The van der Waals surface area contributed by atoms with E-state index in [0.717, 1.165) is 6.42 Å². The average Bonchev–Trinajstić information content (AvgIpc) is 2.72. The van der Waals surface area contributed by atoms with Crippen molar-refractivity contribution >= 4 is 17.2 Å². The standard InChI is InChI=1S/C14H19NO2S/c1-14(2,3)7-8-15-13(17)12-11(5-4-9-16)6-10-18-12/h6,10,16H,7-9H2,1-3H3,(H,15,17). The first-order valence-electron chi connectivity index (χ1n) is 5.89. The fourth-order valence-electron chi connectivity index (χ4n) is 1.35. The summed E-state index contributed by atoms with van der Waals surface area (Å²) < 4.78 is 0. The van der Waals surface area contributed by atoms with Crippen molar-refractivity contribution in [2.24, 2.45) is 5.41 Å². The van der Waals surface area contributed by atoms with Crippen LogP contribution in [0.2, 0.25) is 0 Å². The Morgan fingerprint density at radius 1 is 1.50 bits per heavy atom. The van der Waals surface area contributed by atoms with E-state index in [0.29, 0.717) is 17.0 Å². The first-order valence-corrected chi connectivity index (χ1v) is 6.77. The molecule has 0 radical (unpaired) electrons. The van der Waals surface area contributed by atoms with Gasteiger partial charge in [0.05, 0.1) is 0 Å². The Kier molecular flexibility index (Phi) is 5.39. The molecule has 1 aromatic rings. The Labute approximate surface area is 112 Å². The van der Waals surface area contributed by atoms with E-state index in [2.05, 4.69) is 37.9 Å². The molecule has 0 aromatic carbocycles. The highest BCUT2D eigenvalue weighted by atomic mass is 32.1. The fraction of sp³-hybridized carbons (Fsp3) is 0.500. The summed E-state index contributed by atoms with van der Waals surface area (Å²) in [6.45, 7) is 6.89. The molecule has 98 valence electrons. The quantitative estimate of drug-likeness (QED) is 0.824. The van der Waals surface area contributed by atoms with E-state index in [4.69, 9.17) is 5.11 Å². The second-order valence-corrected chi connectivity index (χ2v) is 6.11. The van der Waals surface area contributed by atoms with Crippen molar-refractivity contribution in [2.45, 2.75) is 27.2 Å². The lowest BCUT2D eigenvalue weighted by Gasteiger charge is -2.17. The van der Waals surface area contributed by atoms with Crippen LogP contribution in [0, 0.1) is 17.3 Å². The van der Waals surface area contributed by atoms with Crippen LogP contribution in [0.3, 0.4) is 0 Å². The number of aliphatic hydroxyl groups excluding tert-OH is 1. The topological polar surface area (TPSA) is 49.3 Å². The van der Waals surface area contributed by atoms with E-state index in [9.17, 15) is 4.79 Å². The van der Waals surface area contributed by atoms with Crippen molar-refractivity contribution in [1.82, 2.24) is 5.32 Å². The van der Waals surface area contributed by atoms with Crippen LogP contribution < -0.4 is 5.32 Å². The SMILES string of the molecule is CC(C)(C)CCNC(=O)c1sccc1C#CCO. The number of rotatable bonds is 3. The maximum atomic E-state index is 11.9. The highest BCUT2D eigenvalue weighted by molar-refractivity contribution is 7.12. The van der Waals surface area contributed by atoms with Crippen molar-refractivity contribution < 1.29 is 9.90 Å². The molecule has 3 nitrogen and oxygen atoms in total. The van der Waals surface area contributed by atoms with Crippen molar-refractivity contribution in [3.8, 4) is 11.8 Å². The molecule has 0 aliphatic heterocycles. The second kappa shape index (κ2) is 6.58. The van der Waals surface area contributed by atoms with Gasteiger partial charge >= 0.3 is 0 Å². The zero-order valence-corrected chi connectivity index (χ0v) is 11.9. The molecular formula is C14H19NO2S. The van der Waals surface area contributed by atoms with E-state index in [1.165, 1.54) is 11.3 Å². The molecule has 0 aliphatic rings. The zero-order chi connectivity index (χ0) is 13.6. The van der Waals surface area contributed by atoms with E-state index < -0.39 is 0 Å². The van der Waals surface area contributed by atoms with Crippen LogP contribution in [0.15, 0.2) is 11.4 Å². The summed E-state index contributed by atoms with van der Waals surface area (Å²) in [6.07, 6.45) is 0.932. The van der Waals surface area contributed by atoms with Gasteiger partial charge in [0.2, 0.25) is 0 Å². The molecule has 1 amide bonds. The first kappa shape index (κ1) is 14.7. The number of carbonyl (C=O) groups is 1. The van der Waals surface area contributed by atoms with Gasteiger partial charge in [-0.3, -0.25) is 4.79 Å². The summed E-state index contributed by atoms with van der Waals surface area (Å²) in [7, 11) is 0. The summed E-state index contributed by atoms with van der Waals surface area (Å²) in [6, 6.07) is 1.80. The van der Waals surface area contributed by atoms with Crippen LogP contribution in [0.25, 0.3) is 0 Å². The number of hydrogen-bond acceptors (Lipinski definition) is 3. The Balaban J connectivity index is 2.59. The molecule has 0 atom stereocenters. The smallest absolute Gasteiger partial charge is 0.262 e. The minimum absolute atomic E-state index is 0.0866. The molecular weight excluding hydrogens is 246 g/mol. The maximum Gasteiger partial charge on any atom is 0.262 e. The van der Waals surface area contributed by atoms with E-state index in [-0.39, 0.29) is 17.9 Å². The molecule has 18 heavy (non-hydrogen) atoms. The van der Waals surface area contributed by atoms with E-state index in [1.54, 1.807) is 6.07 Å². The summed E-state index contributed by atoms with van der Waals surface area (Å²) in [5.41, 5.74) is 0.893. The maximum absolute atomic E-state index is 11.9. The summed E-state index contributed by atoms with van der Waals surface area (Å²) in [5.74, 6) is 5.25. The predicted molar refractivity (Wildman–Crippen MR) is 74.7 cm³/mol. The van der Waals surface area contributed by atoms with Gasteiger partial charge in [-0.15, -0.1) is 11.3 Å². The average molecular weight is 265 g/mol. The number of amides is 1. The van der Waals surface area contributed by atoms with Crippen LogP contribution >= 0.6 is 11.3 Å². The number of hydrogen-bond donors (Lipinski definition) is 2. The van der Waals surface area contributed by atoms with Gasteiger partial charge in [-0.25, -0.2) is 0 Å². The third-order valence-corrected chi connectivity index (χ3v) is 3.25. The minimum Gasteiger partial charge on any atom is -0.384 e. The van der Waals surface area contributed by atoms with Crippen molar-refractivity contribution in [2.75, 3.05) is 13.2 Å². The molecule has 1 rings (SSSR count). The van der Waals surface area contributed by atoms with Gasteiger partial charge in [0, 0.05) is 12.1 Å². The van der Waals surface area contributed by atoms with Gasteiger partial charge in [-0.2, -0.15) is 0 Å². The van der Waals surface area contributed by atoms with Crippen LogP contribution in [-0.2, 0) is 0 Å². The summed E-state index contributed by atoms with van der Waals surface area (Å²) in [4.78, 5) is 12.6. The molecule has 0 saturated carbocycles. The molecule has 0 spiro atoms. The highest BCUT2D eigenvalue weighted by Gasteiger charge is 2.14. The molecule has 1 heterocycles. The Hall–Kier alpha value is -1.31. The van der Waals surface area contributed by atoms with Crippen LogP contribution in [0.5, 0.6) is 0 Å². The van der Waals surface area contributed by atoms with E-state index >= 15 is 0 Å². The second-order valence-electron chi connectivity index (χ2n) is 5.19. The van der Waals surface area contributed by atoms with Crippen LogP contribution in [0.1, 0.15) is 42.4 Å². The van der Waals surface area contributed by atoms with Crippen molar-refractivity contribution in [3.05, 3.63) is 21.9 Å². The lowest BCUT2D eigenvalue weighted by Crippen LogP contribution is -2.27. The van der Waals surface area contributed by atoms with Gasteiger partial charge in [0.15, 0.2) is 0 Å². The third kappa shape index (κ3) is 4.91. The molecule has 0 unspecified atom stereocenters. The molecule has 0 aliphatic carbocycles. The van der Waals surface area contributed by atoms with Gasteiger partial charge in [-0.05, 0) is 23.3 Å². The van der Waals surface area contributed by atoms with Crippen LogP contribution in [-0.4, -0.2) is 24.2 Å². The molecule has 0 saturated heterocycles. The Morgan fingerprint density at radius 2 is 2.22 bits per heavy atom. The van der Waals surface area contributed by atoms with E-state index in [1.807, 2.05) is 5.38 Å². The summed E-state index contributed by atoms with van der Waals surface area (Å²) in [5, 5.41) is 13.4. The molecule has 1 aromatic heterocycles. The fourth-order valence-corrected chi connectivity index (χ4v) is 2.12. The monoisotopic (exact) mass is 265 g/mol. The van der Waals surface area contributed by atoms with Crippen molar-refractivity contribution in [1.29, 1.82) is 0 Å². The third-order valence-electron chi connectivity index (χ3n) is 2.33. The Morgan fingerprint density at radius 3 is 2.83 bits per heavy atom. The normalized spacial score (nSPS) is 10.7. The lowest BCUT2D eigenvalue weighted by molar-refractivity contribution is 0.0953. The minimum atomic E-state index is -0.194. The predicted octanol–water partition coefficient (Wildman–Crippen LogP) is 2.26. The molecule has 4 heteroatoms. The van der Waals surface area contributed by atoms with Crippen molar-refractivity contribution in [3.63, 3.8) is 0 Å². The number of thiophene rings is 1. The number of nitrogens with one attached hydrogen (secondary N) is 1. The largest absolute Gasteiger partial charge is 0.384 e. The lowest BCUT2D eigenvalue weighted by atomic mass is 9.92. The highest BCUT2D eigenvalue weighted by Crippen LogP contribution is 2.18. The molecule has 0 bridgehead atoms. The molecule has 0 fully saturated rings. The van der Waals surface area contributed by atoms with Gasteiger partial charge in [0.25, 0.3) is 5.91 Å². The summed E-state index contributed by atoms with van der Waals surface area (Å²) >= 11 is 1.37. The number of aliphatic hydroxyl groups is 1. The Bertz CT molecular complexity index is 460. The molecule has 2 N–H and O–H groups in total. The van der Waals surface area contributed by atoms with Crippen LogP contribution in [0.4, 0.5) is 0 Å². The first-order chi connectivity index (χ1) is 8.44. The van der Waals surface area contributed by atoms with Gasteiger partial charge in [-0.1, -0.05) is 32.6 Å². The van der Waals surface area contributed by atoms with Gasteiger partial charge in [0.1, 0.15) is 11.5 Å². The zero-order valence-electron chi connectivity index (χ0n) is 11.0.